The van der Waals surface area contributed by atoms with Crippen molar-refractivity contribution in [1.82, 2.24) is 4.90 Å². The minimum atomic E-state index is -0.448. The highest BCUT2D eigenvalue weighted by atomic mass is 79.9. The van der Waals surface area contributed by atoms with E-state index < -0.39 is 4.32 Å². The Morgan fingerprint density at radius 1 is 1.13 bits per heavy atom. The van der Waals surface area contributed by atoms with Crippen molar-refractivity contribution in [2.24, 2.45) is 11.8 Å². The van der Waals surface area contributed by atoms with Crippen molar-refractivity contribution >= 4 is 21.8 Å². The van der Waals surface area contributed by atoms with E-state index in [4.69, 9.17) is 0 Å². The maximum atomic E-state index is 12.1. The Morgan fingerprint density at radius 3 is 1.67 bits per heavy atom. The van der Waals surface area contributed by atoms with Gasteiger partial charge >= 0.3 is 0 Å². The molecule has 0 aliphatic heterocycles. The fraction of sp³-hybridized carbons (Fsp3) is 0.917. The summed E-state index contributed by atoms with van der Waals surface area (Å²) in [4.78, 5) is 14.1. The molecule has 2 nitrogen and oxygen atoms in total. The number of carbonyl (C=O) groups excluding carboxylic acids is 1. The Labute approximate surface area is 103 Å². The van der Waals surface area contributed by atoms with Gasteiger partial charge in [-0.1, -0.05) is 43.6 Å². The van der Waals surface area contributed by atoms with Crippen LogP contribution in [-0.4, -0.2) is 28.2 Å². The molecule has 0 spiro atoms. The van der Waals surface area contributed by atoms with Gasteiger partial charge in [0.15, 0.2) is 0 Å². The second kappa shape index (κ2) is 5.88. The number of amides is 1. The third kappa shape index (κ3) is 6.18. The Hall–Kier alpha value is -0.0500. The number of nitrogens with zero attached hydrogens (tertiary/aromatic N) is 1. The van der Waals surface area contributed by atoms with Crippen molar-refractivity contribution in [3.63, 3.8) is 0 Å². The standard InChI is InChI=1S/C12H24BrNO/c1-9(2)7-14(8-10(3)4)11(15)12(5,6)13/h9-10H,7-8H2,1-6H3. The molecule has 0 aromatic carbocycles. The van der Waals surface area contributed by atoms with Gasteiger partial charge in [-0.15, -0.1) is 0 Å². The second-order valence-electron chi connectivity index (χ2n) is 5.47. The van der Waals surface area contributed by atoms with Crippen molar-refractivity contribution < 1.29 is 4.79 Å². The van der Waals surface area contributed by atoms with E-state index in [-0.39, 0.29) is 5.91 Å². The Bertz CT molecular complexity index is 196. The molecule has 0 unspecified atom stereocenters. The molecule has 0 fully saturated rings. The van der Waals surface area contributed by atoms with Crippen LogP contribution >= 0.6 is 15.9 Å². The van der Waals surface area contributed by atoms with Gasteiger partial charge in [0.1, 0.15) is 0 Å². The van der Waals surface area contributed by atoms with Crippen LogP contribution in [-0.2, 0) is 4.79 Å². The first-order valence-corrected chi connectivity index (χ1v) is 6.42. The van der Waals surface area contributed by atoms with Crippen molar-refractivity contribution in [3.05, 3.63) is 0 Å². The van der Waals surface area contributed by atoms with Gasteiger partial charge in [-0.05, 0) is 25.7 Å². The molecule has 0 radical (unpaired) electrons. The Kier molecular flexibility index (Phi) is 5.86. The molecule has 0 aliphatic rings. The molecule has 0 heterocycles. The summed E-state index contributed by atoms with van der Waals surface area (Å²) in [5.74, 6) is 1.22. The number of halogens is 1. The molecule has 0 atom stereocenters. The number of carbonyl (C=O) groups is 1. The topological polar surface area (TPSA) is 20.3 Å². The second-order valence-corrected chi connectivity index (χ2v) is 7.45. The van der Waals surface area contributed by atoms with E-state index in [0.717, 1.165) is 13.1 Å². The van der Waals surface area contributed by atoms with Crippen molar-refractivity contribution in [1.29, 1.82) is 0 Å². The molecular formula is C12H24BrNO. The first-order chi connectivity index (χ1) is 6.64. The molecule has 0 saturated carbocycles. The van der Waals surface area contributed by atoms with Crippen LogP contribution in [0.4, 0.5) is 0 Å². The Morgan fingerprint density at radius 2 is 1.47 bits per heavy atom. The monoisotopic (exact) mass is 277 g/mol. The van der Waals surface area contributed by atoms with Crippen LogP contribution in [0.3, 0.4) is 0 Å². The summed E-state index contributed by atoms with van der Waals surface area (Å²) in [6, 6.07) is 0. The average Bonchev–Trinajstić information content (AvgIpc) is 1.98. The van der Waals surface area contributed by atoms with Gasteiger partial charge in [0.25, 0.3) is 0 Å². The molecule has 0 bridgehead atoms. The fourth-order valence-electron chi connectivity index (χ4n) is 1.50. The van der Waals surface area contributed by atoms with Crippen molar-refractivity contribution in [2.75, 3.05) is 13.1 Å². The summed E-state index contributed by atoms with van der Waals surface area (Å²) in [6.45, 7) is 14.1. The number of hydrogen-bond acceptors (Lipinski definition) is 1. The van der Waals surface area contributed by atoms with Crippen LogP contribution in [0.5, 0.6) is 0 Å². The quantitative estimate of drug-likeness (QED) is 0.707. The third-order valence-corrected chi connectivity index (χ3v) is 2.31. The smallest absolute Gasteiger partial charge is 0.238 e. The predicted molar refractivity (Wildman–Crippen MR) is 69.3 cm³/mol. The van der Waals surface area contributed by atoms with E-state index in [1.54, 1.807) is 0 Å². The summed E-state index contributed by atoms with van der Waals surface area (Å²) >= 11 is 3.43. The van der Waals surface area contributed by atoms with E-state index in [1.165, 1.54) is 0 Å². The molecule has 0 N–H and O–H groups in total. The van der Waals surface area contributed by atoms with Crippen LogP contribution in [0.2, 0.25) is 0 Å². The highest BCUT2D eigenvalue weighted by molar-refractivity contribution is 9.10. The molecular weight excluding hydrogens is 254 g/mol. The van der Waals surface area contributed by atoms with Crippen molar-refractivity contribution in [3.8, 4) is 0 Å². The lowest BCUT2D eigenvalue weighted by molar-refractivity contribution is -0.133. The van der Waals surface area contributed by atoms with Gasteiger partial charge < -0.3 is 4.90 Å². The van der Waals surface area contributed by atoms with E-state index in [9.17, 15) is 4.79 Å². The van der Waals surface area contributed by atoms with Gasteiger partial charge in [-0.25, -0.2) is 0 Å². The van der Waals surface area contributed by atoms with Crippen LogP contribution in [0.25, 0.3) is 0 Å². The van der Waals surface area contributed by atoms with Crippen molar-refractivity contribution in [2.45, 2.75) is 45.9 Å². The Balaban J connectivity index is 4.55. The molecule has 0 saturated heterocycles. The minimum Gasteiger partial charge on any atom is -0.341 e. The van der Waals surface area contributed by atoms with Crippen LogP contribution in [0, 0.1) is 11.8 Å². The average molecular weight is 278 g/mol. The van der Waals surface area contributed by atoms with Gasteiger partial charge in [-0.3, -0.25) is 4.79 Å². The molecule has 0 rings (SSSR count). The summed E-state index contributed by atoms with van der Waals surface area (Å²) < 4.78 is -0.448. The lowest BCUT2D eigenvalue weighted by atomic mass is 10.1. The molecule has 0 aliphatic carbocycles. The molecule has 0 aromatic rings. The van der Waals surface area contributed by atoms with E-state index >= 15 is 0 Å². The van der Waals surface area contributed by atoms with E-state index in [2.05, 4.69) is 43.6 Å². The van der Waals surface area contributed by atoms with Gasteiger partial charge in [0.2, 0.25) is 5.91 Å². The third-order valence-electron chi connectivity index (χ3n) is 1.97. The maximum absolute atomic E-state index is 12.1. The highest BCUT2D eigenvalue weighted by Gasteiger charge is 2.29. The van der Waals surface area contributed by atoms with Crippen LogP contribution in [0.15, 0.2) is 0 Å². The largest absolute Gasteiger partial charge is 0.341 e. The first kappa shape index (κ1) is 14.9. The highest BCUT2D eigenvalue weighted by Crippen LogP contribution is 2.20. The first-order valence-electron chi connectivity index (χ1n) is 5.63. The molecule has 0 aromatic heterocycles. The van der Waals surface area contributed by atoms with Gasteiger partial charge in [0.05, 0.1) is 4.32 Å². The SMILES string of the molecule is CC(C)CN(CC(C)C)C(=O)C(C)(C)Br. The fourth-order valence-corrected chi connectivity index (χ4v) is 1.75. The zero-order chi connectivity index (χ0) is 12.2. The zero-order valence-corrected chi connectivity index (χ0v) is 12.4. The molecule has 15 heavy (non-hydrogen) atoms. The van der Waals surface area contributed by atoms with Crippen LogP contribution < -0.4 is 0 Å². The number of alkyl halides is 1. The summed E-state index contributed by atoms with van der Waals surface area (Å²) in [6.07, 6.45) is 0. The van der Waals surface area contributed by atoms with Gasteiger partial charge in [-0.2, -0.15) is 0 Å². The normalized spacial score (nSPS) is 12.3. The molecule has 1 amide bonds. The van der Waals surface area contributed by atoms with E-state index in [0.29, 0.717) is 11.8 Å². The summed E-state index contributed by atoms with van der Waals surface area (Å²) in [5, 5.41) is 0. The predicted octanol–water partition coefficient (Wildman–Crippen LogP) is 3.30. The van der Waals surface area contributed by atoms with E-state index in [1.807, 2.05) is 18.7 Å². The van der Waals surface area contributed by atoms with Crippen LogP contribution in [0.1, 0.15) is 41.5 Å². The summed E-state index contributed by atoms with van der Waals surface area (Å²) in [7, 11) is 0. The molecule has 90 valence electrons. The number of hydrogen-bond donors (Lipinski definition) is 0. The van der Waals surface area contributed by atoms with Gasteiger partial charge in [0, 0.05) is 13.1 Å². The lowest BCUT2D eigenvalue weighted by Crippen LogP contribution is -2.45. The minimum absolute atomic E-state index is 0.185. The molecule has 3 heteroatoms. The summed E-state index contributed by atoms with van der Waals surface area (Å²) in [5.41, 5.74) is 0. The maximum Gasteiger partial charge on any atom is 0.238 e. The lowest BCUT2D eigenvalue weighted by Gasteiger charge is -2.31. The zero-order valence-electron chi connectivity index (χ0n) is 10.8. The number of rotatable bonds is 5.